The number of carbonyl (C=O) groups excluding carboxylic acids is 2. The van der Waals surface area contributed by atoms with E-state index in [0.29, 0.717) is 11.3 Å². The van der Waals surface area contributed by atoms with E-state index in [4.69, 9.17) is 10.6 Å². The molecule has 0 spiro atoms. The average molecular weight is 370 g/mol. The van der Waals surface area contributed by atoms with Crippen molar-refractivity contribution in [3.8, 4) is 5.75 Å². The van der Waals surface area contributed by atoms with E-state index in [0.717, 1.165) is 0 Å². The van der Waals surface area contributed by atoms with E-state index in [1.165, 1.54) is 22.4 Å². The van der Waals surface area contributed by atoms with Crippen molar-refractivity contribution in [2.75, 3.05) is 33.3 Å². The molecule has 1 saturated heterocycles. The highest BCUT2D eigenvalue weighted by atomic mass is 32.2. The van der Waals surface area contributed by atoms with Gasteiger partial charge in [-0.15, -0.1) is 0 Å². The van der Waals surface area contributed by atoms with Crippen molar-refractivity contribution < 1.29 is 22.7 Å². The lowest BCUT2D eigenvalue weighted by atomic mass is 10.2. The Kier molecular flexibility index (Phi) is 5.98. The molecule has 138 valence electrons. The molecule has 2 rings (SSSR count). The molecule has 0 atom stereocenters. The fourth-order valence-electron chi connectivity index (χ4n) is 2.66. The van der Waals surface area contributed by atoms with Crippen molar-refractivity contribution in [1.82, 2.24) is 14.6 Å². The summed E-state index contributed by atoms with van der Waals surface area (Å²) in [5.41, 5.74) is 2.50. The number of nitrogens with zero attached hydrogens (tertiary/aromatic N) is 2. The van der Waals surface area contributed by atoms with E-state index in [1.54, 1.807) is 19.1 Å². The molecule has 1 aromatic rings. The van der Waals surface area contributed by atoms with Crippen molar-refractivity contribution in [2.45, 2.75) is 18.2 Å². The van der Waals surface area contributed by atoms with Crippen LogP contribution in [0.2, 0.25) is 0 Å². The third-order valence-electron chi connectivity index (χ3n) is 4.06. The zero-order chi connectivity index (χ0) is 18.6. The summed E-state index contributed by atoms with van der Waals surface area (Å²) in [4.78, 5) is 24.8. The number of methoxy groups -OCH3 is 1. The van der Waals surface area contributed by atoms with E-state index < -0.39 is 15.9 Å². The molecule has 0 unspecified atom stereocenters. The monoisotopic (exact) mass is 370 g/mol. The second-order valence-corrected chi connectivity index (χ2v) is 7.57. The van der Waals surface area contributed by atoms with Crippen LogP contribution < -0.4 is 16.0 Å². The van der Waals surface area contributed by atoms with Crippen LogP contribution in [0.4, 0.5) is 0 Å². The molecule has 0 saturated carbocycles. The SMILES string of the molecule is COc1ccc(S(=O)(=O)N2CCN(C(=O)CC(=O)NN)CC2)c(C)c1. The minimum absolute atomic E-state index is 0.170. The fraction of sp³-hybridized carbons (Fsp3) is 0.467. The molecule has 0 radical (unpaired) electrons. The van der Waals surface area contributed by atoms with Gasteiger partial charge in [-0.1, -0.05) is 0 Å². The van der Waals surface area contributed by atoms with Crippen LogP contribution in [-0.2, 0) is 19.6 Å². The van der Waals surface area contributed by atoms with Gasteiger partial charge in [0.1, 0.15) is 12.2 Å². The molecule has 0 aromatic heterocycles. The lowest BCUT2D eigenvalue weighted by molar-refractivity contribution is -0.137. The zero-order valence-corrected chi connectivity index (χ0v) is 15.0. The van der Waals surface area contributed by atoms with Gasteiger partial charge in [0.25, 0.3) is 0 Å². The number of nitrogens with one attached hydrogen (secondary N) is 1. The van der Waals surface area contributed by atoms with E-state index in [2.05, 4.69) is 0 Å². The van der Waals surface area contributed by atoms with Gasteiger partial charge in [0.05, 0.1) is 12.0 Å². The Balaban J connectivity index is 2.06. The Bertz CT molecular complexity index is 757. The minimum Gasteiger partial charge on any atom is -0.497 e. The van der Waals surface area contributed by atoms with Gasteiger partial charge < -0.3 is 9.64 Å². The first kappa shape index (κ1) is 19.2. The van der Waals surface area contributed by atoms with Crippen molar-refractivity contribution >= 4 is 21.8 Å². The summed E-state index contributed by atoms with van der Waals surface area (Å²) in [5, 5.41) is 0. The van der Waals surface area contributed by atoms with Crippen LogP contribution >= 0.6 is 0 Å². The minimum atomic E-state index is -3.65. The molecule has 0 aliphatic carbocycles. The van der Waals surface area contributed by atoms with Crippen LogP contribution in [0.15, 0.2) is 23.1 Å². The number of benzene rings is 1. The molecule has 25 heavy (non-hydrogen) atoms. The number of carbonyl (C=O) groups is 2. The van der Waals surface area contributed by atoms with Crippen LogP contribution in [-0.4, -0.2) is 62.7 Å². The zero-order valence-electron chi connectivity index (χ0n) is 14.2. The number of piperazine rings is 1. The molecule has 1 aliphatic heterocycles. The Morgan fingerprint density at radius 3 is 2.40 bits per heavy atom. The molecule has 0 bridgehead atoms. The maximum atomic E-state index is 12.8. The molecule has 1 aromatic carbocycles. The number of hydrogen-bond donors (Lipinski definition) is 2. The molecule has 3 N–H and O–H groups in total. The summed E-state index contributed by atoms with van der Waals surface area (Å²) >= 11 is 0. The number of hydrazine groups is 1. The maximum absolute atomic E-state index is 12.8. The van der Waals surface area contributed by atoms with Gasteiger partial charge in [0.15, 0.2) is 0 Å². The quantitative estimate of drug-likeness (QED) is 0.303. The summed E-state index contributed by atoms with van der Waals surface area (Å²) in [6.07, 6.45) is -0.346. The maximum Gasteiger partial charge on any atom is 0.243 e. The van der Waals surface area contributed by atoms with E-state index in [9.17, 15) is 18.0 Å². The molecule has 1 aliphatic rings. The van der Waals surface area contributed by atoms with Gasteiger partial charge in [0.2, 0.25) is 21.8 Å². The third kappa shape index (κ3) is 4.27. The summed E-state index contributed by atoms with van der Waals surface area (Å²) in [5.74, 6) is 4.60. The Morgan fingerprint density at radius 1 is 1.24 bits per heavy atom. The van der Waals surface area contributed by atoms with Crippen molar-refractivity contribution in [1.29, 1.82) is 0 Å². The fourth-order valence-corrected chi connectivity index (χ4v) is 4.28. The van der Waals surface area contributed by atoms with E-state index in [-0.39, 0.29) is 43.4 Å². The Hall–Kier alpha value is -2.17. The standard InChI is InChI=1S/C15H22N4O5S/c1-11-9-12(24-2)3-4-13(11)25(22,23)19-7-5-18(6-8-19)15(21)10-14(20)17-16/h3-4,9H,5-8,10,16H2,1-2H3,(H,17,20). The van der Waals surface area contributed by atoms with E-state index >= 15 is 0 Å². The molecule has 10 heteroatoms. The molecular weight excluding hydrogens is 348 g/mol. The summed E-state index contributed by atoms with van der Waals surface area (Å²) in [7, 11) is -2.14. The van der Waals surface area contributed by atoms with Crippen LogP contribution in [0.1, 0.15) is 12.0 Å². The van der Waals surface area contributed by atoms with Crippen molar-refractivity contribution in [2.24, 2.45) is 5.84 Å². The largest absolute Gasteiger partial charge is 0.497 e. The second kappa shape index (κ2) is 7.81. The van der Waals surface area contributed by atoms with Crippen molar-refractivity contribution in [3.63, 3.8) is 0 Å². The van der Waals surface area contributed by atoms with Gasteiger partial charge >= 0.3 is 0 Å². The average Bonchev–Trinajstić information content (AvgIpc) is 2.61. The molecule has 1 fully saturated rings. The highest BCUT2D eigenvalue weighted by molar-refractivity contribution is 7.89. The first-order chi connectivity index (χ1) is 11.8. The van der Waals surface area contributed by atoms with E-state index in [1.807, 2.05) is 5.43 Å². The van der Waals surface area contributed by atoms with Gasteiger partial charge in [-0.3, -0.25) is 15.0 Å². The van der Waals surface area contributed by atoms with Crippen LogP contribution in [0.5, 0.6) is 5.75 Å². The van der Waals surface area contributed by atoms with Crippen molar-refractivity contribution in [3.05, 3.63) is 23.8 Å². The number of sulfonamides is 1. The lowest BCUT2D eigenvalue weighted by Crippen LogP contribution is -2.51. The second-order valence-electron chi connectivity index (χ2n) is 5.66. The van der Waals surface area contributed by atoms with Gasteiger partial charge in [-0.2, -0.15) is 4.31 Å². The molecule has 2 amide bonds. The highest BCUT2D eigenvalue weighted by Gasteiger charge is 2.31. The Labute approximate surface area is 146 Å². The number of amides is 2. The first-order valence-electron chi connectivity index (χ1n) is 7.71. The predicted molar refractivity (Wildman–Crippen MR) is 90.0 cm³/mol. The van der Waals surface area contributed by atoms with Gasteiger partial charge in [0, 0.05) is 26.2 Å². The molecule has 1 heterocycles. The normalized spacial score (nSPS) is 15.7. The lowest BCUT2D eigenvalue weighted by Gasteiger charge is -2.34. The van der Waals surface area contributed by atoms with Gasteiger partial charge in [-0.05, 0) is 30.7 Å². The van der Waals surface area contributed by atoms with Gasteiger partial charge in [-0.25, -0.2) is 14.3 Å². The first-order valence-corrected chi connectivity index (χ1v) is 9.15. The van der Waals surface area contributed by atoms with Crippen LogP contribution in [0, 0.1) is 6.92 Å². The summed E-state index contributed by atoms with van der Waals surface area (Å²) in [6.45, 7) is 2.50. The summed E-state index contributed by atoms with van der Waals surface area (Å²) in [6, 6.07) is 4.79. The third-order valence-corrected chi connectivity index (χ3v) is 6.12. The Morgan fingerprint density at radius 2 is 1.88 bits per heavy atom. The number of hydrogen-bond acceptors (Lipinski definition) is 6. The number of ether oxygens (including phenoxy) is 1. The topological polar surface area (TPSA) is 122 Å². The number of aryl methyl sites for hydroxylation is 1. The smallest absolute Gasteiger partial charge is 0.243 e. The summed E-state index contributed by atoms with van der Waals surface area (Å²) < 4.78 is 32.1. The van der Waals surface area contributed by atoms with Crippen LogP contribution in [0.3, 0.4) is 0 Å². The molecule has 9 nitrogen and oxygen atoms in total. The number of rotatable bonds is 5. The predicted octanol–water partition coefficient (Wildman–Crippen LogP) is -0.783. The van der Waals surface area contributed by atoms with Crippen LogP contribution in [0.25, 0.3) is 0 Å². The molecular formula is C15H22N4O5S. The number of nitrogens with two attached hydrogens (primary N) is 1. The highest BCUT2D eigenvalue weighted by Crippen LogP contribution is 2.24.